The van der Waals surface area contributed by atoms with E-state index in [1.165, 1.54) is 11.3 Å². The van der Waals surface area contributed by atoms with Gasteiger partial charge in [-0.3, -0.25) is 4.79 Å². The highest BCUT2D eigenvalue weighted by Gasteiger charge is 2.12. The molecule has 0 spiro atoms. The quantitative estimate of drug-likeness (QED) is 0.571. The van der Waals surface area contributed by atoms with Gasteiger partial charge in [-0.05, 0) is 53.2 Å². The molecule has 0 aliphatic heterocycles. The second-order valence-corrected chi connectivity index (χ2v) is 7.53. The first kappa shape index (κ1) is 16.4. The number of furan rings is 1. The van der Waals surface area contributed by atoms with Crippen molar-refractivity contribution in [1.82, 2.24) is 4.98 Å². The summed E-state index contributed by atoms with van der Waals surface area (Å²) in [5.41, 5.74) is 1.46. The maximum absolute atomic E-state index is 12.2. The molecule has 4 nitrogen and oxygen atoms in total. The lowest BCUT2D eigenvalue weighted by Crippen LogP contribution is -2.14. The Hall–Kier alpha value is -1.44. The third kappa shape index (κ3) is 4.10. The van der Waals surface area contributed by atoms with Gasteiger partial charge in [0, 0.05) is 14.3 Å². The topological polar surface area (TPSA) is 55.1 Å². The van der Waals surface area contributed by atoms with Crippen LogP contribution in [0.25, 0.3) is 10.8 Å². The van der Waals surface area contributed by atoms with E-state index in [-0.39, 0.29) is 12.3 Å². The minimum absolute atomic E-state index is 0.111. The van der Waals surface area contributed by atoms with Gasteiger partial charge in [-0.2, -0.15) is 0 Å². The highest BCUT2D eigenvalue weighted by atomic mass is 79.9. The van der Waals surface area contributed by atoms with E-state index in [2.05, 4.69) is 42.2 Å². The molecule has 0 unspecified atom stereocenters. The van der Waals surface area contributed by atoms with Crippen LogP contribution < -0.4 is 5.32 Å². The van der Waals surface area contributed by atoms with Crippen LogP contribution in [0.3, 0.4) is 0 Å². The number of carbonyl (C=O) groups is 1. The van der Waals surface area contributed by atoms with Crippen LogP contribution in [0.4, 0.5) is 5.69 Å². The van der Waals surface area contributed by atoms with Crippen molar-refractivity contribution in [3.8, 4) is 10.8 Å². The second-order valence-electron chi connectivity index (χ2n) is 4.90. The number of anilines is 1. The summed E-state index contributed by atoms with van der Waals surface area (Å²) in [6.45, 7) is 1.89. The summed E-state index contributed by atoms with van der Waals surface area (Å²) in [5, 5.41) is 5.54. The molecule has 118 valence electrons. The molecule has 0 saturated carbocycles. The number of hydrogen-bond donors (Lipinski definition) is 1. The molecule has 0 saturated heterocycles. The van der Waals surface area contributed by atoms with Crippen LogP contribution >= 0.6 is 43.2 Å². The molecule has 2 aromatic heterocycles. The smallest absolute Gasteiger partial charge is 0.230 e. The molecular weight excluding hydrogens is 444 g/mol. The first-order valence-corrected chi connectivity index (χ1v) is 9.24. The fraction of sp³-hybridized carbons (Fsp3) is 0.125. The van der Waals surface area contributed by atoms with Crippen molar-refractivity contribution >= 4 is 54.8 Å². The number of carbonyl (C=O) groups excluding carboxylic acids is 1. The Balaban J connectivity index is 1.67. The zero-order valence-electron chi connectivity index (χ0n) is 12.1. The highest BCUT2D eigenvalue weighted by Crippen LogP contribution is 2.27. The minimum atomic E-state index is -0.111. The van der Waals surface area contributed by atoms with Gasteiger partial charge in [0.2, 0.25) is 5.91 Å². The first-order chi connectivity index (χ1) is 11.0. The average Bonchev–Trinajstić information content (AvgIpc) is 3.11. The SMILES string of the molecule is Cc1ccc(-c2nc(CC(=O)Nc3ccc(Br)cc3Br)cs2)o1. The number of benzene rings is 1. The molecule has 23 heavy (non-hydrogen) atoms. The van der Waals surface area contributed by atoms with Gasteiger partial charge >= 0.3 is 0 Å². The second kappa shape index (κ2) is 6.98. The summed E-state index contributed by atoms with van der Waals surface area (Å²) in [5.74, 6) is 1.46. The monoisotopic (exact) mass is 454 g/mol. The molecule has 3 rings (SSSR count). The lowest BCUT2D eigenvalue weighted by atomic mass is 10.3. The molecule has 0 aliphatic rings. The van der Waals surface area contributed by atoms with Crippen molar-refractivity contribution in [2.24, 2.45) is 0 Å². The van der Waals surface area contributed by atoms with E-state index in [0.717, 1.165) is 36.9 Å². The number of hydrogen-bond acceptors (Lipinski definition) is 4. The fourth-order valence-corrected chi connectivity index (χ4v) is 3.93. The van der Waals surface area contributed by atoms with Crippen molar-refractivity contribution in [2.75, 3.05) is 5.32 Å². The predicted molar refractivity (Wildman–Crippen MR) is 98.7 cm³/mol. The molecule has 2 heterocycles. The first-order valence-electron chi connectivity index (χ1n) is 6.77. The largest absolute Gasteiger partial charge is 0.459 e. The van der Waals surface area contributed by atoms with Crippen LogP contribution in [0.1, 0.15) is 11.5 Å². The molecule has 1 aromatic carbocycles. The van der Waals surface area contributed by atoms with E-state index in [1.54, 1.807) is 0 Å². The van der Waals surface area contributed by atoms with E-state index in [1.807, 2.05) is 42.6 Å². The maximum Gasteiger partial charge on any atom is 0.230 e. The summed E-state index contributed by atoms with van der Waals surface area (Å²) in [6, 6.07) is 9.38. The summed E-state index contributed by atoms with van der Waals surface area (Å²) < 4.78 is 7.32. The zero-order chi connectivity index (χ0) is 16.4. The summed E-state index contributed by atoms with van der Waals surface area (Å²) >= 11 is 8.28. The molecule has 0 bridgehead atoms. The Labute approximate surface area is 154 Å². The Kier molecular flexibility index (Phi) is 4.99. The van der Waals surface area contributed by atoms with E-state index in [0.29, 0.717) is 0 Å². The van der Waals surface area contributed by atoms with Crippen LogP contribution in [-0.4, -0.2) is 10.9 Å². The highest BCUT2D eigenvalue weighted by molar-refractivity contribution is 9.11. The van der Waals surface area contributed by atoms with E-state index in [9.17, 15) is 4.79 Å². The number of aromatic nitrogens is 1. The van der Waals surface area contributed by atoms with Crippen molar-refractivity contribution in [3.05, 3.63) is 56.1 Å². The third-order valence-electron chi connectivity index (χ3n) is 3.05. The summed E-state index contributed by atoms with van der Waals surface area (Å²) in [6.07, 6.45) is 0.221. The van der Waals surface area contributed by atoms with Gasteiger partial charge in [-0.1, -0.05) is 15.9 Å². The van der Waals surface area contributed by atoms with Gasteiger partial charge in [0.1, 0.15) is 5.76 Å². The molecule has 0 aliphatic carbocycles. The number of aryl methyl sites for hydroxylation is 1. The lowest BCUT2D eigenvalue weighted by molar-refractivity contribution is -0.115. The third-order valence-corrected chi connectivity index (χ3v) is 5.10. The molecule has 0 fully saturated rings. The van der Waals surface area contributed by atoms with Crippen molar-refractivity contribution in [2.45, 2.75) is 13.3 Å². The van der Waals surface area contributed by atoms with Crippen LogP contribution in [0.2, 0.25) is 0 Å². The van der Waals surface area contributed by atoms with E-state index in [4.69, 9.17) is 4.42 Å². The Bertz CT molecular complexity index is 857. The fourth-order valence-electron chi connectivity index (χ4n) is 2.00. The summed E-state index contributed by atoms with van der Waals surface area (Å²) in [4.78, 5) is 16.6. The van der Waals surface area contributed by atoms with Crippen molar-refractivity contribution in [3.63, 3.8) is 0 Å². The van der Waals surface area contributed by atoms with Crippen molar-refractivity contribution < 1.29 is 9.21 Å². The molecule has 1 N–H and O–H groups in total. The average molecular weight is 456 g/mol. The maximum atomic E-state index is 12.2. The number of amides is 1. The van der Waals surface area contributed by atoms with Gasteiger partial charge < -0.3 is 9.73 Å². The normalized spacial score (nSPS) is 10.7. The van der Waals surface area contributed by atoms with Gasteiger partial charge in [0.05, 0.1) is 17.8 Å². The van der Waals surface area contributed by atoms with Crippen LogP contribution in [-0.2, 0) is 11.2 Å². The Morgan fingerprint density at radius 3 is 2.83 bits per heavy atom. The number of thiazole rings is 1. The number of rotatable bonds is 4. The van der Waals surface area contributed by atoms with E-state index >= 15 is 0 Å². The molecular formula is C16H12Br2N2O2S. The van der Waals surface area contributed by atoms with Gasteiger partial charge in [-0.15, -0.1) is 11.3 Å². The van der Waals surface area contributed by atoms with Crippen molar-refractivity contribution in [1.29, 1.82) is 0 Å². The molecule has 3 aromatic rings. The minimum Gasteiger partial charge on any atom is -0.459 e. The zero-order valence-corrected chi connectivity index (χ0v) is 16.1. The van der Waals surface area contributed by atoms with Gasteiger partial charge in [0.25, 0.3) is 0 Å². The van der Waals surface area contributed by atoms with Crippen LogP contribution in [0.5, 0.6) is 0 Å². The number of nitrogens with zero attached hydrogens (tertiary/aromatic N) is 1. The van der Waals surface area contributed by atoms with Gasteiger partial charge in [-0.25, -0.2) is 4.98 Å². The molecule has 0 radical (unpaired) electrons. The molecule has 0 atom stereocenters. The number of halogens is 2. The Morgan fingerprint density at radius 1 is 1.30 bits per heavy atom. The molecule has 7 heteroatoms. The van der Waals surface area contributed by atoms with Crippen LogP contribution in [0, 0.1) is 6.92 Å². The standard InChI is InChI=1S/C16H12Br2N2O2S/c1-9-2-5-14(22-9)16-19-11(8-23-16)7-15(21)20-13-4-3-10(17)6-12(13)18/h2-6,8H,7H2,1H3,(H,20,21). The van der Waals surface area contributed by atoms with E-state index < -0.39 is 0 Å². The summed E-state index contributed by atoms with van der Waals surface area (Å²) in [7, 11) is 0. The van der Waals surface area contributed by atoms with Gasteiger partial charge in [0.15, 0.2) is 10.8 Å². The predicted octanol–water partition coefficient (Wildman–Crippen LogP) is 5.42. The molecule has 1 amide bonds. The lowest BCUT2D eigenvalue weighted by Gasteiger charge is -2.06. The number of nitrogens with one attached hydrogen (secondary N) is 1. The van der Waals surface area contributed by atoms with Crippen LogP contribution in [0.15, 0.2) is 49.1 Å². The Morgan fingerprint density at radius 2 is 2.13 bits per heavy atom.